The zero-order chi connectivity index (χ0) is 19.7. The minimum absolute atomic E-state index is 0.0183. The molecule has 0 aromatic heterocycles. The molecule has 4 rings (SSSR count). The van der Waals surface area contributed by atoms with Crippen LogP contribution < -0.4 is 9.47 Å². The van der Waals surface area contributed by atoms with Crippen LogP contribution in [0.15, 0.2) is 36.4 Å². The van der Waals surface area contributed by atoms with Crippen molar-refractivity contribution >= 4 is 23.2 Å². The fraction of sp³-hybridized carbons (Fsp3) is 0.350. The van der Waals surface area contributed by atoms with E-state index in [0.29, 0.717) is 18.0 Å². The zero-order valence-electron chi connectivity index (χ0n) is 15.1. The van der Waals surface area contributed by atoms with Gasteiger partial charge in [0.25, 0.3) is 11.6 Å². The Kier molecular flexibility index (Phi) is 5.09. The van der Waals surface area contributed by atoms with Gasteiger partial charge in [-0.3, -0.25) is 14.9 Å². The fourth-order valence-corrected chi connectivity index (χ4v) is 3.96. The molecule has 146 valence electrons. The lowest BCUT2D eigenvalue weighted by Crippen LogP contribution is -2.38. The molecule has 2 aromatic rings. The lowest BCUT2D eigenvalue weighted by molar-refractivity contribution is -0.384. The number of rotatable bonds is 5. The van der Waals surface area contributed by atoms with Crippen LogP contribution in [0.4, 0.5) is 5.69 Å². The molecule has 0 bridgehead atoms. The van der Waals surface area contributed by atoms with Gasteiger partial charge in [0, 0.05) is 24.2 Å². The highest BCUT2D eigenvalue weighted by Crippen LogP contribution is 2.34. The van der Waals surface area contributed by atoms with E-state index in [1.54, 1.807) is 11.0 Å². The van der Waals surface area contributed by atoms with Crippen molar-refractivity contribution in [2.75, 3.05) is 6.79 Å². The Bertz CT molecular complexity index is 927. The molecule has 7 nitrogen and oxygen atoms in total. The summed E-state index contributed by atoms with van der Waals surface area (Å²) >= 11 is 5.89. The number of ether oxygens (including phenoxy) is 2. The number of benzene rings is 2. The molecular weight excluding hydrogens is 384 g/mol. The Balaban J connectivity index is 1.63. The SMILES string of the molecule is O=C(c1ccc(Cl)c([N+](=O)[O-])c1)N(Cc1ccc2c(c1)OCO2)C1CCCC1. The normalized spacial score (nSPS) is 15.6. The molecule has 8 heteroatoms. The summed E-state index contributed by atoms with van der Waals surface area (Å²) in [6, 6.07) is 9.93. The van der Waals surface area contributed by atoms with E-state index in [9.17, 15) is 14.9 Å². The van der Waals surface area contributed by atoms with Gasteiger partial charge in [0.1, 0.15) is 5.02 Å². The van der Waals surface area contributed by atoms with Crippen molar-refractivity contribution in [3.05, 3.63) is 62.7 Å². The Labute approximate surface area is 167 Å². The average molecular weight is 403 g/mol. The molecule has 0 saturated heterocycles. The maximum Gasteiger partial charge on any atom is 0.288 e. The summed E-state index contributed by atoms with van der Waals surface area (Å²) in [7, 11) is 0. The standard InChI is InChI=1S/C20H19ClN2O5/c21-16-7-6-14(10-17(16)23(25)26)20(24)22(15-3-1-2-4-15)11-13-5-8-18-19(9-13)28-12-27-18/h5-10,15H,1-4,11-12H2. The number of halogens is 1. The van der Waals surface area contributed by atoms with Crippen molar-refractivity contribution < 1.29 is 19.2 Å². The maximum absolute atomic E-state index is 13.3. The Hall–Kier alpha value is -2.80. The predicted octanol–water partition coefficient (Wildman–Crippen LogP) is 4.56. The molecule has 1 heterocycles. The first-order valence-corrected chi connectivity index (χ1v) is 9.54. The van der Waals surface area contributed by atoms with Gasteiger partial charge in [-0.15, -0.1) is 0 Å². The zero-order valence-corrected chi connectivity index (χ0v) is 15.9. The van der Waals surface area contributed by atoms with E-state index in [2.05, 4.69) is 0 Å². The fourth-order valence-electron chi connectivity index (χ4n) is 3.77. The first kappa shape index (κ1) is 18.6. The highest BCUT2D eigenvalue weighted by molar-refractivity contribution is 6.32. The lowest BCUT2D eigenvalue weighted by Gasteiger charge is -2.29. The summed E-state index contributed by atoms with van der Waals surface area (Å²) in [5.41, 5.74) is 0.929. The van der Waals surface area contributed by atoms with Crippen molar-refractivity contribution in [2.24, 2.45) is 0 Å². The van der Waals surface area contributed by atoms with Gasteiger partial charge in [0.15, 0.2) is 11.5 Å². The van der Waals surface area contributed by atoms with Crippen LogP contribution in [-0.2, 0) is 6.54 Å². The minimum atomic E-state index is -0.573. The molecule has 28 heavy (non-hydrogen) atoms. The number of nitro groups is 1. The number of hydrogen-bond acceptors (Lipinski definition) is 5. The van der Waals surface area contributed by atoms with Crippen LogP contribution in [0.2, 0.25) is 5.02 Å². The van der Waals surface area contributed by atoms with Crippen molar-refractivity contribution in [3.8, 4) is 11.5 Å². The van der Waals surface area contributed by atoms with Crippen molar-refractivity contribution in [3.63, 3.8) is 0 Å². The topological polar surface area (TPSA) is 81.9 Å². The number of carbonyl (C=O) groups is 1. The third-order valence-electron chi connectivity index (χ3n) is 5.21. The minimum Gasteiger partial charge on any atom is -0.454 e. The predicted molar refractivity (Wildman–Crippen MR) is 103 cm³/mol. The Morgan fingerprint density at radius 1 is 1.14 bits per heavy atom. The van der Waals surface area contributed by atoms with Gasteiger partial charge in [0.2, 0.25) is 6.79 Å². The summed E-state index contributed by atoms with van der Waals surface area (Å²) in [5.74, 6) is 1.12. The van der Waals surface area contributed by atoms with E-state index in [1.807, 2.05) is 18.2 Å². The lowest BCUT2D eigenvalue weighted by atomic mass is 10.1. The van der Waals surface area contributed by atoms with Gasteiger partial charge in [-0.05, 0) is 42.7 Å². The number of fused-ring (bicyclic) bond motifs is 1. The summed E-state index contributed by atoms with van der Waals surface area (Å²) in [6.07, 6.45) is 3.98. The number of carbonyl (C=O) groups excluding carboxylic acids is 1. The van der Waals surface area contributed by atoms with Crippen molar-refractivity contribution in [1.29, 1.82) is 0 Å². The second-order valence-corrected chi connectivity index (χ2v) is 7.39. The number of nitrogens with zero attached hydrogens (tertiary/aromatic N) is 2. The summed E-state index contributed by atoms with van der Waals surface area (Å²) in [4.78, 5) is 25.7. The van der Waals surface area contributed by atoms with Gasteiger partial charge in [-0.25, -0.2) is 0 Å². The first-order valence-electron chi connectivity index (χ1n) is 9.16. The second kappa shape index (κ2) is 7.67. The molecular formula is C20H19ClN2O5. The van der Waals surface area contributed by atoms with E-state index < -0.39 is 4.92 Å². The third kappa shape index (κ3) is 3.62. The molecule has 1 aliphatic carbocycles. The largest absolute Gasteiger partial charge is 0.454 e. The highest BCUT2D eigenvalue weighted by Gasteiger charge is 2.29. The molecule has 0 N–H and O–H groups in total. The molecule has 2 aromatic carbocycles. The number of amides is 1. The van der Waals surface area contributed by atoms with Crippen LogP contribution in [0.3, 0.4) is 0 Å². The molecule has 1 fully saturated rings. The van der Waals surface area contributed by atoms with Gasteiger partial charge in [0.05, 0.1) is 4.92 Å². The Morgan fingerprint density at radius 3 is 2.64 bits per heavy atom. The first-order chi connectivity index (χ1) is 13.5. The molecule has 1 aliphatic heterocycles. The molecule has 2 aliphatic rings. The summed E-state index contributed by atoms with van der Waals surface area (Å²) in [5, 5.41) is 11.2. The monoisotopic (exact) mass is 402 g/mol. The van der Waals surface area contributed by atoms with Gasteiger partial charge < -0.3 is 14.4 Å². The molecule has 1 amide bonds. The van der Waals surface area contributed by atoms with E-state index in [1.165, 1.54) is 12.1 Å². The van der Waals surface area contributed by atoms with Crippen LogP contribution in [-0.4, -0.2) is 28.6 Å². The Morgan fingerprint density at radius 2 is 1.89 bits per heavy atom. The smallest absolute Gasteiger partial charge is 0.288 e. The molecule has 0 radical (unpaired) electrons. The van der Waals surface area contributed by atoms with Crippen LogP contribution in [0.5, 0.6) is 11.5 Å². The number of nitro benzene ring substituents is 1. The molecule has 0 unspecified atom stereocenters. The molecule has 0 atom stereocenters. The van der Waals surface area contributed by atoms with Gasteiger partial charge in [-0.1, -0.05) is 30.5 Å². The van der Waals surface area contributed by atoms with E-state index in [0.717, 1.165) is 31.2 Å². The van der Waals surface area contributed by atoms with Gasteiger partial charge in [-0.2, -0.15) is 0 Å². The van der Waals surface area contributed by atoms with Gasteiger partial charge >= 0.3 is 0 Å². The molecule has 1 saturated carbocycles. The highest BCUT2D eigenvalue weighted by atomic mass is 35.5. The summed E-state index contributed by atoms with van der Waals surface area (Å²) in [6.45, 7) is 0.592. The van der Waals surface area contributed by atoms with E-state index >= 15 is 0 Å². The van der Waals surface area contributed by atoms with Crippen molar-refractivity contribution in [1.82, 2.24) is 4.90 Å². The quantitative estimate of drug-likeness (QED) is 0.540. The maximum atomic E-state index is 13.3. The number of hydrogen-bond donors (Lipinski definition) is 0. The average Bonchev–Trinajstić information content (AvgIpc) is 3.37. The van der Waals surface area contributed by atoms with Crippen LogP contribution >= 0.6 is 11.6 Å². The molecule has 0 spiro atoms. The summed E-state index contributed by atoms with van der Waals surface area (Å²) < 4.78 is 10.8. The van der Waals surface area contributed by atoms with Crippen molar-refractivity contribution in [2.45, 2.75) is 38.3 Å². The van der Waals surface area contributed by atoms with Crippen LogP contribution in [0.1, 0.15) is 41.6 Å². The van der Waals surface area contributed by atoms with Crippen LogP contribution in [0.25, 0.3) is 0 Å². The second-order valence-electron chi connectivity index (χ2n) is 6.98. The van der Waals surface area contributed by atoms with E-state index in [-0.39, 0.29) is 35.0 Å². The van der Waals surface area contributed by atoms with Crippen LogP contribution in [0, 0.1) is 10.1 Å². The third-order valence-corrected chi connectivity index (χ3v) is 5.53. The van der Waals surface area contributed by atoms with E-state index in [4.69, 9.17) is 21.1 Å².